The lowest BCUT2D eigenvalue weighted by Crippen LogP contribution is -1.82. The zero-order valence-corrected chi connectivity index (χ0v) is 56.7. The van der Waals surface area contributed by atoms with Crippen LogP contribution in [0, 0.1) is 38.1 Å². The average molecular weight is 1380 g/mol. The van der Waals surface area contributed by atoms with E-state index in [1.165, 1.54) is 48.0 Å². The van der Waals surface area contributed by atoms with E-state index in [-0.39, 0.29) is 12.8 Å². The van der Waals surface area contributed by atoms with Crippen LogP contribution in [0.15, 0.2) is 236 Å². The first kappa shape index (κ1) is 178. The molecule has 0 fully saturated rings. The minimum atomic E-state index is 0.250. The number of amides is 2. The van der Waals surface area contributed by atoms with Crippen molar-refractivity contribution in [2.75, 3.05) is 0 Å². The van der Waals surface area contributed by atoms with Crippen molar-refractivity contribution in [3.63, 3.8) is 0 Å². The largest absolute Gasteiger partial charge is 0.516 e. The molecule has 0 radical (unpaired) electrons. The molecule has 2 amide bonds. The highest BCUT2D eigenvalue weighted by Crippen LogP contribution is 1.59. The number of aliphatic hydroxyl groups is 2. The molecule has 89 heavy (non-hydrogen) atoms. The van der Waals surface area contributed by atoms with Gasteiger partial charge in [0.25, 0.3) is 0 Å². The number of allylic oxidation sites excluding steroid dienone is 4. The molecule has 0 saturated carbocycles. The van der Waals surface area contributed by atoms with Crippen LogP contribution in [0.1, 0.15) is 13.8 Å². The molecule has 0 heterocycles. The van der Waals surface area contributed by atoms with Crippen molar-refractivity contribution in [3.05, 3.63) is 177 Å². The molecule has 29 N–H and O–H groups in total. The van der Waals surface area contributed by atoms with Crippen LogP contribution in [0.2, 0.25) is 0 Å². The van der Waals surface area contributed by atoms with Crippen LogP contribution >= 0.6 is 75.3 Å². The molecule has 0 aliphatic heterocycles. The van der Waals surface area contributed by atoms with Gasteiger partial charge in [-0.15, -0.1) is 23.5 Å². The first-order valence-corrected chi connectivity index (χ1v) is 22.5. The number of aliphatic imine (C=N–C) groups is 4. The molecular formula is C49H110N28O6S6. The molecule has 0 atom stereocenters. The molecule has 0 aliphatic rings. The van der Waals surface area contributed by atoms with E-state index >= 15 is 0 Å². The summed E-state index contributed by atoms with van der Waals surface area (Å²) >= 11 is 21.8. The molecular weight excluding hydrogens is 1270 g/mol. The Kier molecular flexibility index (Phi) is 1550. The molecule has 0 aliphatic carbocycles. The molecule has 0 saturated heterocycles. The Hall–Kier alpha value is -11.1. The number of hydrogen-bond donors (Lipinski definition) is 24. The number of carbonyl (C=O) groups is 2. The molecule has 518 valence electrons. The zero-order chi connectivity index (χ0) is 78.7. The van der Waals surface area contributed by atoms with E-state index in [9.17, 15) is 0 Å². The molecule has 0 aromatic heterocycles. The maximum absolute atomic E-state index is 8.58. The van der Waals surface area contributed by atoms with Crippen molar-refractivity contribution >= 4 is 198 Å². The lowest BCUT2D eigenvalue weighted by atomic mass is 10.6. The van der Waals surface area contributed by atoms with E-state index in [1.807, 2.05) is 13.8 Å². The van der Waals surface area contributed by atoms with Gasteiger partial charge < -0.3 is 83.3 Å². The maximum Gasteiger partial charge on any atom is 0.204 e. The van der Waals surface area contributed by atoms with Crippen LogP contribution in [0.5, 0.6) is 0 Å². The fourth-order valence-electron chi connectivity index (χ4n) is 0. The number of thiol groups is 4. The van der Waals surface area contributed by atoms with E-state index in [4.69, 9.17) is 68.3 Å². The Bertz CT molecular complexity index is 1040. The Balaban J connectivity index is -0.0000000180. The van der Waals surface area contributed by atoms with Gasteiger partial charge >= 0.3 is 0 Å². The van der Waals surface area contributed by atoms with Crippen LogP contribution in [0.4, 0.5) is 0 Å². The smallest absolute Gasteiger partial charge is 0.204 e. The molecule has 0 aromatic carbocycles. The van der Waals surface area contributed by atoms with Crippen molar-refractivity contribution in [2.45, 2.75) is 13.8 Å². The average Bonchev–Trinajstić information content (AvgIpc) is 3.49. The predicted molar refractivity (Wildman–Crippen MR) is 426 cm³/mol. The van der Waals surface area contributed by atoms with Gasteiger partial charge in [0.2, 0.25) is 12.8 Å². The highest BCUT2D eigenvalue weighted by atomic mass is 32.1. The molecule has 0 spiro atoms. The van der Waals surface area contributed by atoms with Gasteiger partial charge in [-0.1, -0.05) is 128 Å². The minimum absolute atomic E-state index is 0.250. The summed E-state index contributed by atoms with van der Waals surface area (Å²) in [4.78, 5) is 29.7. The highest BCUT2D eigenvalue weighted by molar-refractivity contribution is 7.83. The summed E-state index contributed by atoms with van der Waals surface area (Å²) in [5.41, 5.74) is 45.1. The van der Waals surface area contributed by atoms with Gasteiger partial charge in [0.05, 0.1) is 29.8 Å². The second kappa shape index (κ2) is 775. The Morgan fingerprint density at radius 3 is 0.494 bits per heavy atom. The summed E-state index contributed by atoms with van der Waals surface area (Å²) in [6, 6.07) is 0. The summed E-state index contributed by atoms with van der Waals surface area (Å²) in [5, 5.41) is 77.4. The molecule has 0 rings (SSSR count). The van der Waals surface area contributed by atoms with E-state index < -0.39 is 0 Å². The monoisotopic (exact) mass is 1380 g/mol. The molecule has 40 heteroatoms. The highest BCUT2D eigenvalue weighted by Gasteiger charge is 1.35. The first-order valence-electron chi connectivity index (χ1n) is 19.8. The normalized spacial score (nSPS) is 4.43. The number of nitrogens with one attached hydrogen (secondary N) is 7. The summed E-state index contributed by atoms with van der Waals surface area (Å²) in [6.45, 7) is 77.8. The van der Waals surface area contributed by atoms with Gasteiger partial charge in [-0.25, -0.2) is 19.9 Å². The van der Waals surface area contributed by atoms with Crippen molar-refractivity contribution in [2.24, 2.45) is 111 Å². The summed E-state index contributed by atoms with van der Waals surface area (Å²) in [5.74, 6) is 8.72. The third-order valence-electron chi connectivity index (χ3n) is 0.873. The number of nitrogens with zero attached hydrogens (tertiary/aromatic N) is 12. The number of nitrogens with two attached hydrogens (primary N) is 9. The van der Waals surface area contributed by atoms with Crippen LogP contribution in [-0.2, 0) is 9.59 Å². The Morgan fingerprint density at radius 1 is 0.438 bits per heavy atom. The van der Waals surface area contributed by atoms with E-state index in [0.717, 1.165) is 55.0 Å². The fourth-order valence-corrected chi connectivity index (χ4v) is 0. The molecule has 0 bridgehead atoms. The van der Waals surface area contributed by atoms with Gasteiger partial charge in [-0.05, 0) is 103 Å². The molecule has 0 aromatic rings. The Labute approximate surface area is 565 Å². The van der Waals surface area contributed by atoms with E-state index in [2.05, 4.69) is 346 Å². The zero-order valence-electron chi connectivity index (χ0n) is 51.5. The van der Waals surface area contributed by atoms with E-state index in [1.54, 1.807) is 24.3 Å². The lowest BCUT2D eigenvalue weighted by Gasteiger charge is -1.48. The topological polar surface area (TPSA) is 665 Å². The van der Waals surface area contributed by atoms with Crippen LogP contribution in [0.3, 0.4) is 0 Å². The predicted octanol–water partition coefficient (Wildman–Crippen LogP) is 10.2. The van der Waals surface area contributed by atoms with Crippen LogP contribution in [0.25, 0.3) is 0 Å². The van der Waals surface area contributed by atoms with E-state index in [0.29, 0.717) is 0 Å². The Morgan fingerprint density at radius 2 is 0.494 bits per heavy atom. The summed E-state index contributed by atoms with van der Waals surface area (Å²) in [6.07, 6.45) is 20.8. The maximum atomic E-state index is 8.58. The van der Waals surface area contributed by atoms with Crippen LogP contribution < -0.4 is 51.8 Å². The first-order chi connectivity index (χ1) is 42.2. The van der Waals surface area contributed by atoms with Gasteiger partial charge in [-0.3, -0.25) is 45.8 Å². The third-order valence-corrected chi connectivity index (χ3v) is 0.873. The summed E-state index contributed by atoms with van der Waals surface area (Å²) < 4.78 is 5.89. The number of primary amides is 2. The van der Waals surface area contributed by atoms with Gasteiger partial charge in [0.15, 0.2) is 0 Å². The van der Waals surface area contributed by atoms with Crippen molar-refractivity contribution in [3.8, 4) is 0 Å². The molecule has 0 unspecified atom stereocenters. The van der Waals surface area contributed by atoms with Crippen molar-refractivity contribution in [1.29, 1.82) is 38.1 Å². The van der Waals surface area contributed by atoms with Gasteiger partial charge in [0.1, 0.15) is 12.7 Å². The number of oxime groups is 2. The standard InChI is InChI=1S/C4H6.2C3H5N.2C3H6.5C2H4N2.2C2H5N.2C2H4O.2C2H4S.3CH4N2.4CH3NO.4CH3NS/c3*1-3-4-2;2*1-3-2;2*1-4-2-3;2*1-2-4-3;3-1-2-4;6*1-2-3;2*1-3-2;2-1-3;2*1-2-3;2*2-1-3;2*1-2-3;2*2-1-3/h3-4H,1-2H2;2*3H,1-2H2;2*3H,1H2,2H3;4*2-3H,1H2;1-4H;2*2H,1,3H2;4*2-3H,1H2;2*1-2H2;1H,(H3,2,3);2*3H,1H2;2*1H,(H2,2,3);2*3H,1H2;2*1H,(H2,2,3). The number of rotatable bonds is 8. The third kappa shape index (κ3) is 45800. The second-order valence-corrected chi connectivity index (χ2v) is 8.28. The van der Waals surface area contributed by atoms with Crippen molar-refractivity contribution < 1.29 is 30.2 Å². The van der Waals surface area contributed by atoms with Crippen LogP contribution in [-0.4, -0.2) is 143 Å². The number of aliphatic hydroxyl groups excluding tert-OH is 2. The minimum Gasteiger partial charge on any atom is -0.516 e. The number of hydrazone groups is 2. The SMILES string of the molecule is C=CC.C=CC.C=CC=C.C=CN.C=CN.C=CN=C.C=CN=C.C=CN=N.C=CN=N.C=CO.C=CO.C=CS.C=CS.C=NC=N.C=NC=N.C=NN.C=NN.C=NO.C=NO.C=NS.C=NS.N=CC=N.N=CN.NC=O.NC=O.NC=S.NC=S. The number of thiocarbonyl (C=S) groups is 2. The quantitative estimate of drug-likeness (QED) is 0.00873. The second-order valence-electron chi connectivity index (χ2n) is 6.44. The number of carbonyl (C=O) groups excluding carboxylic acids is 2. The molecule has 34 nitrogen and oxygen atoms in total. The number of hydrogen-bond acceptors (Lipinski definition) is 33. The lowest BCUT2D eigenvalue weighted by molar-refractivity contribution is -0.107. The van der Waals surface area contributed by atoms with Gasteiger partial charge in [-0.2, -0.15) is 45.7 Å². The summed E-state index contributed by atoms with van der Waals surface area (Å²) in [7, 11) is 0. The van der Waals surface area contributed by atoms with Gasteiger partial charge in [0, 0.05) is 64.1 Å². The van der Waals surface area contributed by atoms with Crippen molar-refractivity contribution in [1.82, 2.24) is 0 Å². The fraction of sp³-hybridized carbons (Fsp3) is 0.0408.